The summed E-state index contributed by atoms with van der Waals surface area (Å²) >= 11 is 3.39. The fourth-order valence-corrected chi connectivity index (χ4v) is 1.37. The topological polar surface area (TPSA) is 12.9 Å². The van der Waals surface area contributed by atoms with Crippen LogP contribution < -0.4 is 0 Å². The molecule has 1 aromatic heterocycles. The average molecular weight is 233 g/mol. The molecule has 63 valence electrons. The van der Waals surface area contributed by atoms with Crippen LogP contribution >= 0.6 is 15.9 Å². The number of benzene rings is 1. The first kappa shape index (κ1) is 8.45. The van der Waals surface area contributed by atoms with Crippen LogP contribution in [0.15, 0.2) is 47.1 Å². The van der Waals surface area contributed by atoms with Crippen LogP contribution in [0.5, 0.6) is 0 Å². The Morgan fingerprint density at radius 2 is 1.92 bits per heavy atom. The summed E-state index contributed by atoms with van der Waals surface area (Å²) in [6.07, 6.45) is 1.75. The van der Waals surface area contributed by atoms with E-state index in [0.29, 0.717) is 0 Å². The minimum Gasteiger partial charge on any atom is -0.256 e. The average Bonchev–Trinajstić information content (AvgIpc) is 2.20. The van der Waals surface area contributed by atoms with Gasteiger partial charge in [-0.1, -0.05) is 28.1 Å². The lowest BCUT2D eigenvalue weighted by Crippen LogP contribution is -1.80. The highest BCUT2D eigenvalue weighted by Crippen LogP contribution is 2.18. The second-order valence-electron chi connectivity index (χ2n) is 2.65. The lowest BCUT2D eigenvalue weighted by molar-refractivity contribution is 1.32. The van der Waals surface area contributed by atoms with Crippen molar-refractivity contribution in [3.8, 4) is 11.3 Å². The van der Waals surface area contributed by atoms with Gasteiger partial charge in [0, 0.05) is 16.2 Å². The second-order valence-corrected chi connectivity index (χ2v) is 3.56. The molecule has 0 spiro atoms. The van der Waals surface area contributed by atoms with Crippen molar-refractivity contribution < 1.29 is 0 Å². The maximum Gasteiger partial charge on any atom is 0.0708 e. The van der Waals surface area contributed by atoms with Gasteiger partial charge < -0.3 is 0 Å². The smallest absolute Gasteiger partial charge is 0.0708 e. The van der Waals surface area contributed by atoms with E-state index in [1.54, 1.807) is 12.3 Å². The molecule has 2 rings (SSSR count). The number of halogens is 1. The van der Waals surface area contributed by atoms with Gasteiger partial charge in [-0.3, -0.25) is 4.98 Å². The van der Waals surface area contributed by atoms with Gasteiger partial charge in [-0.2, -0.15) is 0 Å². The molecule has 1 aromatic carbocycles. The molecule has 2 heteroatoms. The Morgan fingerprint density at radius 1 is 1.15 bits per heavy atom. The first-order valence-corrected chi connectivity index (χ1v) is 4.73. The van der Waals surface area contributed by atoms with E-state index in [-0.39, 0.29) is 0 Å². The Balaban J connectivity index is 2.42. The van der Waals surface area contributed by atoms with E-state index in [1.807, 2.05) is 30.3 Å². The van der Waals surface area contributed by atoms with Crippen LogP contribution in [0.4, 0.5) is 0 Å². The summed E-state index contributed by atoms with van der Waals surface area (Å²) in [7, 11) is 0. The van der Waals surface area contributed by atoms with Crippen LogP contribution in [0, 0.1) is 6.07 Å². The quantitative estimate of drug-likeness (QED) is 0.736. The third-order valence-corrected chi connectivity index (χ3v) is 2.27. The summed E-state index contributed by atoms with van der Waals surface area (Å²) in [6.45, 7) is 0. The number of hydrogen-bond acceptors (Lipinski definition) is 1. The molecule has 0 saturated heterocycles. The molecular weight excluding hydrogens is 226 g/mol. The predicted octanol–water partition coefficient (Wildman–Crippen LogP) is 3.31. The van der Waals surface area contributed by atoms with E-state index in [1.165, 1.54) is 0 Å². The highest BCUT2D eigenvalue weighted by Gasteiger charge is 1.96. The molecule has 1 nitrogen and oxygen atoms in total. The zero-order chi connectivity index (χ0) is 9.10. The van der Waals surface area contributed by atoms with Gasteiger partial charge in [0.05, 0.1) is 5.69 Å². The molecule has 13 heavy (non-hydrogen) atoms. The molecule has 0 saturated carbocycles. The number of nitrogens with zero attached hydrogens (tertiary/aromatic N) is 1. The summed E-state index contributed by atoms with van der Waals surface area (Å²) in [5.41, 5.74) is 2.06. The van der Waals surface area contributed by atoms with E-state index >= 15 is 0 Å². The van der Waals surface area contributed by atoms with Gasteiger partial charge in [-0.05, 0) is 30.3 Å². The van der Waals surface area contributed by atoms with E-state index < -0.39 is 0 Å². The lowest BCUT2D eigenvalue weighted by atomic mass is 10.1. The lowest BCUT2D eigenvalue weighted by Gasteiger charge is -1.98. The molecular formula is C11H7BrN. The molecule has 0 N–H and O–H groups in total. The molecule has 0 unspecified atom stereocenters. The van der Waals surface area contributed by atoms with Crippen LogP contribution in [-0.2, 0) is 0 Å². The maximum atomic E-state index is 4.23. The molecule has 1 heterocycles. The van der Waals surface area contributed by atoms with Gasteiger partial charge in [-0.25, -0.2) is 0 Å². The minimum absolute atomic E-state index is 0.954. The second kappa shape index (κ2) is 3.71. The first-order valence-electron chi connectivity index (χ1n) is 3.94. The third kappa shape index (κ3) is 1.95. The van der Waals surface area contributed by atoms with Crippen molar-refractivity contribution in [1.82, 2.24) is 4.98 Å². The fourth-order valence-electron chi connectivity index (χ4n) is 1.10. The molecule has 0 aliphatic carbocycles. The third-order valence-electron chi connectivity index (χ3n) is 1.74. The molecule has 0 bridgehead atoms. The normalized spacial score (nSPS) is 9.92. The van der Waals surface area contributed by atoms with Crippen LogP contribution in [-0.4, -0.2) is 4.98 Å². The largest absolute Gasteiger partial charge is 0.256 e. The number of rotatable bonds is 1. The highest BCUT2D eigenvalue weighted by molar-refractivity contribution is 9.10. The Kier molecular flexibility index (Phi) is 2.41. The van der Waals surface area contributed by atoms with Gasteiger partial charge in [0.15, 0.2) is 0 Å². The van der Waals surface area contributed by atoms with Crippen molar-refractivity contribution in [2.45, 2.75) is 0 Å². The minimum atomic E-state index is 0.954. The SMILES string of the molecule is Brc1ccc(-c2c[c]ccn2)cc1. The van der Waals surface area contributed by atoms with Crippen molar-refractivity contribution in [3.63, 3.8) is 0 Å². The van der Waals surface area contributed by atoms with Crippen molar-refractivity contribution in [2.75, 3.05) is 0 Å². The first-order chi connectivity index (χ1) is 6.36. The van der Waals surface area contributed by atoms with Crippen molar-refractivity contribution in [3.05, 3.63) is 53.1 Å². The van der Waals surface area contributed by atoms with Crippen molar-refractivity contribution in [1.29, 1.82) is 0 Å². The summed E-state index contributed by atoms with van der Waals surface area (Å²) in [4.78, 5) is 4.23. The standard InChI is InChI=1S/C11H7BrN/c12-10-6-4-9(5-7-10)11-3-1-2-8-13-11/h2-8H. The molecule has 0 aliphatic rings. The number of hydrogen-bond donors (Lipinski definition) is 0. The molecule has 0 aliphatic heterocycles. The summed E-state index contributed by atoms with van der Waals surface area (Å²) in [6, 6.07) is 14.7. The van der Waals surface area contributed by atoms with Gasteiger partial charge in [0.25, 0.3) is 0 Å². The van der Waals surface area contributed by atoms with Gasteiger partial charge in [0.2, 0.25) is 0 Å². The number of pyridine rings is 1. The van der Waals surface area contributed by atoms with Crippen LogP contribution in [0.25, 0.3) is 11.3 Å². The fraction of sp³-hybridized carbons (Fsp3) is 0. The maximum absolute atomic E-state index is 4.23. The Morgan fingerprint density at radius 3 is 2.54 bits per heavy atom. The van der Waals surface area contributed by atoms with E-state index in [2.05, 4.69) is 27.0 Å². The molecule has 0 atom stereocenters. The Labute approximate surface area is 85.6 Å². The molecule has 0 fully saturated rings. The van der Waals surface area contributed by atoms with Gasteiger partial charge in [0.1, 0.15) is 0 Å². The zero-order valence-corrected chi connectivity index (χ0v) is 8.45. The molecule has 1 radical (unpaired) electrons. The van der Waals surface area contributed by atoms with Crippen LogP contribution in [0.2, 0.25) is 0 Å². The summed E-state index contributed by atoms with van der Waals surface area (Å²) in [5, 5.41) is 0. The predicted molar refractivity (Wildman–Crippen MR) is 56.2 cm³/mol. The van der Waals surface area contributed by atoms with Gasteiger partial charge in [-0.15, -0.1) is 0 Å². The van der Waals surface area contributed by atoms with E-state index in [9.17, 15) is 0 Å². The Bertz CT molecular complexity index is 381. The van der Waals surface area contributed by atoms with Crippen molar-refractivity contribution in [2.24, 2.45) is 0 Å². The zero-order valence-electron chi connectivity index (χ0n) is 6.87. The summed E-state index contributed by atoms with van der Waals surface area (Å²) in [5.74, 6) is 0. The van der Waals surface area contributed by atoms with E-state index in [0.717, 1.165) is 15.7 Å². The summed E-state index contributed by atoms with van der Waals surface area (Å²) < 4.78 is 1.08. The van der Waals surface area contributed by atoms with Crippen molar-refractivity contribution >= 4 is 15.9 Å². The Hall–Kier alpha value is -1.15. The van der Waals surface area contributed by atoms with Gasteiger partial charge >= 0.3 is 0 Å². The van der Waals surface area contributed by atoms with E-state index in [4.69, 9.17) is 0 Å². The molecule has 0 amide bonds. The van der Waals surface area contributed by atoms with Crippen LogP contribution in [0.1, 0.15) is 0 Å². The highest BCUT2D eigenvalue weighted by atomic mass is 79.9. The number of aromatic nitrogens is 1. The van der Waals surface area contributed by atoms with Crippen LogP contribution in [0.3, 0.4) is 0 Å². The monoisotopic (exact) mass is 232 g/mol. The molecule has 2 aromatic rings.